The Balaban J connectivity index is 1.66. The van der Waals surface area contributed by atoms with Crippen molar-refractivity contribution < 1.29 is 27.5 Å². The molecule has 1 saturated heterocycles. The van der Waals surface area contributed by atoms with Crippen LogP contribution in [-0.4, -0.2) is 44.2 Å². The summed E-state index contributed by atoms with van der Waals surface area (Å²) in [6.07, 6.45) is -3.51. The molecule has 6 nitrogen and oxygen atoms in total. The third-order valence-electron chi connectivity index (χ3n) is 4.61. The van der Waals surface area contributed by atoms with Crippen LogP contribution in [0.4, 0.5) is 23.7 Å². The highest BCUT2D eigenvalue weighted by Gasteiger charge is 2.32. The minimum absolute atomic E-state index is 0.191. The second-order valence-corrected chi connectivity index (χ2v) is 6.94. The average molecular weight is 421 g/mol. The van der Waals surface area contributed by atoms with Crippen LogP contribution in [0.2, 0.25) is 0 Å². The number of amides is 2. The number of cyclic esters (lactones) is 1. The first-order valence-electron chi connectivity index (χ1n) is 9.44. The number of ether oxygens (including phenoxy) is 1. The Bertz CT molecular complexity index is 906. The summed E-state index contributed by atoms with van der Waals surface area (Å²) in [6, 6.07) is 11.4. The van der Waals surface area contributed by atoms with Crippen LogP contribution in [0.3, 0.4) is 0 Å². The number of carbonyl (C=O) groups is 2. The Morgan fingerprint density at radius 3 is 2.60 bits per heavy atom. The molecule has 1 fully saturated rings. The zero-order chi connectivity index (χ0) is 21.7. The predicted molar refractivity (Wildman–Crippen MR) is 106 cm³/mol. The lowest BCUT2D eigenvalue weighted by Gasteiger charge is -2.15. The summed E-state index contributed by atoms with van der Waals surface area (Å²) >= 11 is 0. The average Bonchev–Trinajstić information content (AvgIpc) is 3.07. The summed E-state index contributed by atoms with van der Waals surface area (Å²) < 4.78 is 44.3. The van der Waals surface area contributed by atoms with Gasteiger partial charge < -0.3 is 15.4 Å². The maximum absolute atomic E-state index is 14.7. The fraction of sp³-hybridized carbons (Fsp3) is 0.333. The van der Waals surface area contributed by atoms with Gasteiger partial charge in [0.15, 0.2) is 0 Å². The van der Waals surface area contributed by atoms with Crippen LogP contribution in [0.5, 0.6) is 0 Å². The zero-order valence-electron chi connectivity index (χ0n) is 16.3. The van der Waals surface area contributed by atoms with Crippen molar-refractivity contribution in [2.24, 2.45) is 0 Å². The molecule has 1 aliphatic rings. The van der Waals surface area contributed by atoms with Gasteiger partial charge in [-0.3, -0.25) is 9.69 Å². The Morgan fingerprint density at radius 1 is 1.23 bits per heavy atom. The second kappa shape index (κ2) is 9.62. The van der Waals surface area contributed by atoms with Gasteiger partial charge in [-0.2, -0.15) is 0 Å². The van der Waals surface area contributed by atoms with E-state index in [4.69, 9.17) is 4.74 Å². The van der Waals surface area contributed by atoms with Crippen molar-refractivity contribution in [3.63, 3.8) is 0 Å². The number of carbonyl (C=O) groups excluding carboxylic acids is 2. The van der Waals surface area contributed by atoms with Gasteiger partial charge >= 0.3 is 6.09 Å². The maximum atomic E-state index is 14.7. The van der Waals surface area contributed by atoms with E-state index in [9.17, 15) is 22.8 Å². The summed E-state index contributed by atoms with van der Waals surface area (Å²) in [5.41, 5.74) is 2.15. The lowest BCUT2D eigenvalue weighted by atomic mass is 10.0. The summed E-state index contributed by atoms with van der Waals surface area (Å²) in [5, 5.41) is 5.22. The Labute approximate surface area is 172 Å². The smallest absolute Gasteiger partial charge is 0.414 e. The molecule has 9 heteroatoms. The summed E-state index contributed by atoms with van der Waals surface area (Å²) in [4.78, 5) is 24.4. The number of anilines is 1. The van der Waals surface area contributed by atoms with E-state index < -0.39 is 24.4 Å². The molecule has 30 heavy (non-hydrogen) atoms. The van der Waals surface area contributed by atoms with E-state index in [1.54, 1.807) is 36.4 Å². The minimum Gasteiger partial charge on any atom is -0.442 e. The van der Waals surface area contributed by atoms with Crippen molar-refractivity contribution in [2.45, 2.75) is 26.0 Å². The molecule has 0 saturated carbocycles. The molecule has 1 unspecified atom stereocenters. The molecule has 1 atom stereocenters. The number of alkyl halides is 2. The molecule has 3 rings (SSSR count). The van der Waals surface area contributed by atoms with Gasteiger partial charge in [-0.25, -0.2) is 18.0 Å². The Hall–Kier alpha value is -3.07. The first kappa shape index (κ1) is 21.6. The fourth-order valence-corrected chi connectivity index (χ4v) is 3.13. The second-order valence-electron chi connectivity index (χ2n) is 6.94. The minimum atomic E-state index is -2.41. The molecule has 2 amide bonds. The van der Waals surface area contributed by atoms with Gasteiger partial charge in [0.25, 0.3) is 6.43 Å². The summed E-state index contributed by atoms with van der Waals surface area (Å²) in [7, 11) is 0. The maximum Gasteiger partial charge on any atom is 0.414 e. The lowest BCUT2D eigenvalue weighted by Crippen LogP contribution is -2.33. The molecule has 0 spiro atoms. The zero-order valence-corrected chi connectivity index (χ0v) is 16.3. The van der Waals surface area contributed by atoms with Crippen molar-refractivity contribution in [2.75, 3.05) is 24.5 Å². The highest BCUT2D eigenvalue weighted by Crippen LogP contribution is 2.29. The van der Waals surface area contributed by atoms with Crippen molar-refractivity contribution in [3.05, 3.63) is 53.8 Å². The van der Waals surface area contributed by atoms with Gasteiger partial charge in [-0.1, -0.05) is 24.3 Å². The normalized spacial score (nSPS) is 16.1. The van der Waals surface area contributed by atoms with Crippen molar-refractivity contribution in [1.29, 1.82) is 0 Å². The molecule has 2 aromatic rings. The Kier molecular flexibility index (Phi) is 6.94. The molecule has 160 valence electrons. The van der Waals surface area contributed by atoms with Crippen molar-refractivity contribution >= 4 is 17.7 Å². The van der Waals surface area contributed by atoms with Crippen LogP contribution >= 0.6 is 0 Å². The van der Waals surface area contributed by atoms with Crippen molar-refractivity contribution in [3.8, 4) is 11.1 Å². The van der Waals surface area contributed by atoms with E-state index in [0.717, 1.165) is 5.56 Å². The van der Waals surface area contributed by atoms with E-state index in [0.29, 0.717) is 23.4 Å². The largest absolute Gasteiger partial charge is 0.442 e. The number of nitrogens with zero attached hydrogens (tertiary/aromatic N) is 1. The molecule has 0 radical (unpaired) electrons. The molecule has 0 aromatic heterocycles. The monoisotopic (exact) mass is 421 g/mol. The molecule has 1 heterocycles. The quantitative estimate of drug-likeness (QED) is 0.686. The Morgan fingerprint density at radius 2 is 1.97 bits per heavy atom. The first-order chi connectivity index (χ1) is 14.3. The highest BCUT2D eigenvalue weighted by molar-refractivity contribution is 5.90. The van der Waals surface area contributed by atoms with E-state index in [1.807, 2.05) is 0 Å². The van der Waals surface area contributed by atoms with E-state index in [2.05, 4.69) is 10.6 Å². The topological polar surface area (TPSA) is 70.7 Å². The third kappa shape index (κ3) is 5.50. The van der Waals surface area contributed by atoms with E-state index >= 15 is 0 Å². The van der Waals surface area contributed by atoms with Gasteiger partial charge in [0.1, 0.15) is 11.9 Å². The lowest BCUT2D eigenvalue weighted by molar-refractivity contribution is -0.119. The highest BCUT2D eigenvalue weighted by atomic mass is 19.3. The molecular weight excluding hydrogens is 399 g/mol. The number of rotatable bonds is 8. The number of hydrogen-bond donors (Lipinski definition) is 2. The van der Waals surface area contributed by atoms with E-state index in [-0.39, 0.29) is 25.5 Å². The van der Waals surface area contributed by atoms with Crippen LogP contribution in [0.15, 0.2) is 42.5 Å². The van der Waals surface area contributed by atoms with Gasteiger partial charge in [-0.15, -0.1) is 0 Å². The van der Waals surface area contributed by atoms with Crippen LogP contribution in [0, 0.1) is 5.82 Å². The van der Waals surface area contributed by atoms with E-state index in [1.165, 1.54) is 17.9 Å². The summed E-state index contributed by atoms with van der Waals surface area (Å²) in [6.45, 7) is 1.68. The predicted octanol–water partition coefficient (Wildman–Crippen LogP) is 3.31. The molecule has 1 aliphatic heterocycles. The van der Waals surface area contributed by atoms with Gasteiger partial charge in [-0.05, 0) is 29.3 Å². The van der Waals surface area contributed by atoms with Gasteiger partial charge in [0.05, 0.1) is 25.3 Å². The third-order valence-corrected chi connectivity index (χ3v) is 4.61. The van der Waals surface area contributed by atoms with Crippen LogP contribution < -0.4 is 15.5 Å². The number of nitrogens with one attached hydrogen (secondary N) is 2. The summed E-state index contributed by atoms with van der Waals surface area (Å²) in [5.74, 6) is -0.732. The van der Waals surface area contributed by atoms with Crippen LogP contribution in [0.1, 0.15) is 12.5 Å². The van der Waals surface area contributed by atoms with Gasteiger partial charge in [0, 0.05) is 19.0 Å². The fourth-order valence-electron chi connectivity index (χ4n) is 3.13. The standard InChI is InChI=1S/C21H22F3N3O3/c1-13(28)26-10-17-12-27(21(29)30-17)16-6-7-18(19(22)8-16)15-4-2-14(3-5-15)9-25-11-20(23)24/h2-8,17,20,25H,9-12H2,1H3,(H,26,28). The number of benzene rings is 2. The van der Waals surface area contributed by atoms with Gasteiger partial charge in [0.2, 0.25) is 5.91 Å². The molecule has 0 aliphatic carbocycles. The molecule has 2 N–H and O–H groups in total. The SMILES string of the molecule is CC(=O)NCC1CN(c2ccc(-c3ccc(CNCC(F)F)cc3)c(F)c2)C(=O)O1. The van der Waals surface area contributed by atoms with Crippen LogP contribution in [0.25, 0.3) is 11.1 Å². The molecule has 2 aromatic carbocycles. The number of hydrogen-bond acceptors (Lipinski definition) is 4. The number of halogens is 3. The molecular formula is C21H22F3N3O3. The van der Waals surface area contributed by atoms with Crippen molar-refractivity contribution in [1.82, 2.24) is 10.6 Å². The molecule has 0 bridgehead atoms. The van der Waals surface area contributed by atoms with Crippen LogP contribution in [-0.2, 0) is 16.1 Å². The first-order valence-corrected chi connectivity index (χ1v) is 9.44.